The van der Waals surface area contributed by atoms with Crippen LogP contribution in [-0.4, -0.2) is 5.91 Å². The van der Waals surface area contributed by atoms with Gasteiger partial charge in [0.1, 0.15) is 0 Å². The first kappa shape index (κ1) is 20.4. The molecule has 0 aliphatic heterocycles. The lowest BCUT2D eigenvalue weighted by Gasteiger charge is -2.21. The first-order chi connectivity index (χ1) is 13.4. The summed E-state index contributed by atoms with van der Waals surface area (Å²) in [5, 5.41) is 13.4. The molecule has 1 unspecified atom stereocenters. The van der Waals surface area contributed by atoms with Crippen molar-refractivity contribution >= 4 is 45.0 Å². The van der Waals surface area contributed by atoms with Crippen molar-refractivity contribution in [3.05, 3.63) is 103 Å². The normalized spacial score (nSPS) is 11.5. The van der Waals surface area contributed by atoms with Crippen LogP contribution in [0.5, 0.6) is 0 Å². The summed E-state index contributed by atoms with van der Waals surface area (Å²) in [4.78, 5) is 12.9. The summed E-state index contributed by atoms with van der Waals surface area (Å²) in [6.07, 6.45) is 0. The molecule has 3 nitrogen and oxygen atoms in total. The van der Waals surface area contributed by atoms with Crippen molar-refractivity contribution in [2.24, 2.45) is 0 Å². The van der Waals surface area contributed by atoms with E-state index >= 15 is 0 Å². The van der Waals surface area contributed by atoms with Crippen LogP contribution in [0.15, 0.2) is 65.1 Å². The van der Waals surface area contributed by atoms with E-state index in [-0.39, 0.29) is 5.91 Å². The number of nitriles is 1. The van der Waals surface area contributed by atoms with Crippen molar-refractivity contribution < 1.29 is 4.79 Å². The van der Waals surface area contributed by atoms with Crippen molar-refractivity contribution in [3.8, 4) is 6.07 Å². The molecular formula is C22H15BrCl2N2O. The lowest BCUT2D eigenvalue weighted by atomic mass is 9.98. The van der Waals surface area contributed by atoms with Crippen LogP contribution >= 0.6 is 39.1 Å². The highest BCUT2D eigenvalue weighted by atomic mass is 79.9. The van der Waals surface area contributed by atoms with Gasteiger partial charge in [-0.05, 0) is 66.1 Å². The lowest BCUT2D eigenvalue weighted by Crippen LogP contribution is -2.29. The van der Waals surface area contributed by atoms with E-state index in [0.29, 0.717) is 21.2 Å². The number of halogens is 3. The van der Waals surface area contributed by atoms with E-state index in [1.807, 2.05) is 25.1 Å². The zero-order chi connectivity index (χ0) is 20.3. The minimum atomic E-state index is -0.410. The highest BCUT2D eigenvalue weighted by molar-refractivity contribution is 9.10. The van der Waals surface area contributed by atoms with E-state index in [2.05, 4.69) is 27.3 Å². The van der Waals surface area contributed by atoms with Crippen LogP contribution < -0.4 is 5.32 Å². The van der Waals surface area contributed by atoms with E-state index in [0.717, 1.165) is 21.2 Å². The van der Waals surface area contributed by atoms with Crippen molar-refractivity contribution in [1.29, 1.82) is 5.26 Å². The molecule has 3 aromatic rings. The van der Waals surface area contributed by atoms with Gasteiger partial charge in [-0.15, -0.1) is 0 Å². The van der Waals surface area contributed by atoms with Gasteiger partial charge < -0.3 is 5.32 Å². The molecule has 1 amide bonds. The van der Waals surface area contributed by atoms with E-state index < -0.39 is 6.04 Å². The summed E-state index contributed by atoms with van der Waals surface area (Å²) >= 11 is 15.6. The minimum absolute atomic E-state index is 0.241. The molecule has 0 bridgehead atoms. The van der Waals surface area contributed by atoms with E-state index in [1.165, 1.54) is 0 Å². The Kier molecular flexibility index (Phi) is 6.41. The number of hydrogen-bond acceptors (Lipinski definition) is 2. The molecule has 3 rings (SSSR count). The summed E-state index contributed by atoms with van der Waals surface area (Å²) in [6, 6.07) is 19.5. The molecule has 1 atom stereocenters. The molecule has 0 fully saturated rings. The smallest absolute Gasteiger partial charge is 0.252 e. The molecule has 0 aromatic heterocycles. The molecule has 0 radical (unpaired) electrons. The van der Waals surface area contributed by atoms with Gasteiger partial charge in [-0.2, -0.15) is 5.26 Å². The molecule has 0 spiro atoms. The largest absolute Gasteiger partial charge is 0.341 e. The molecular weight excluding hydrogens is 459 g/mol. The first-order valence-corrected chi connectivity index (χ1v) is 9.96. The average molecular weight is 474 g/mol. The first-order valence-electron chi connectivity index (χ1n) is 8.41. The number of nitrogens with zero attached hydrogens (tertiary/aromatic N) is 1. The Hall–Kier alpha value is -2.32. The highest BCUT2D eigenvalue weighted by Gasteiger charge is 2.21. The third kappa shape index (κ3) is 4.56. The van der Waals surface area contributed by atoms with Gasteiger partial charge in [-0.1, -0.05) is 57.3 Å². The van der Waals surface area contributed by atoms with Gasteiger partial charge in [0.05, 0.1) is 17.7 Å². The number of carbonyl (C=O) groups is 1. The average Bonchev–Trinajstić information content (AvgIpc) is 2.67. The maximum atomic E-state index is 12.9. The molecule has 0 saturated heterocycles. The highest BCUT2D eigenvalue weighted by Crippen LogP contribution is 2.31. The van der Waals surface area contributed by atoms with Gasteiger partial charge in [0.15, 0.2) is 0 Å². The van der Waals surface area contributed by atoms with Crippen LogP contribution in [-0.2, 0) is 0 Å². The summed E-state index contributed by atoms with van der Waals surface area (Å²) < 4.78 is 0.788. The maximum absolute atomic E-state index is 12.9. The molecule has 0 saturated carbocycles. The Labute approximate surface area is 182 Å². The number of rotatable bonds is 4. The zero-order valence-electron chi connectivity index (χ0n) is 14.8. The molecule has 3 aromatic carbocycles. The second-order valence-electron chi connectivity index (χ2n) is 6.27. The van der Waals surface area contributed by atoms with Gasteiger partial charge in [0.25, 0.3) is 5.91 Å². The number of amides is 1. The number of aryl methyl sites for hydroxylation is 1. The Morgan fingerprint density at radius 2 is 1.71 bits per heavy atom. The van der Waals surface area contributed by atoms with E-state index in [4.69, 9.17) is 28.5 Å². The predicted octanol–water partition coefficient (Wildman–Crippen LogP) is 6.46. The Balaban J connectivity index is 1.99. The van der Waals surface area contributed by atoms with Gasteiger partial charge in [-0.25, -0.2) is 0 Å². The maximum Gasteiger partial charge on any atom is 0.252 e. The van der Waals surface area contributed by atoms with Crippen LogP contribution in [0.25, 0.3) is 0 Å². The van der Waals surface area contributed by atoms with E-state index in [1.54, 1.807) is 42.5 Å². The fourth-order valence-electron chi connectivity index (χ4n) is 2.88. The number of benzene rings is 3. The van der Waals surface area contributed by atoms with Crippen LogP contribution in [0.3, 0.4) is 0 Å². The number of carbonyl (C=O) groups excluding carboxylic acids is 1. The monoisotopic (exact) mass is 472 g/mol. The molecule has 0 heterocycles. The van der Waals surface area contributed by atoms with Gasteiger partial charge in [0.2, 0.25) is 0 Å². The SMILES string of the molecule is Cc1cc(C(=O)NC(c2ccc(Cl)cc2)c2ccc(Cl)cc2Br)ccc1C#N. The molecule has 28 heavy (non-hydrogen) atoms. The lowest BCUT2D eigenvalue weighted by molar-refractivity contribution is 0.0943. The van der Waals surface area contributed by atoms with Crippen molar-refractivity contribution in [2.75, 3.05) is 0 Å². The van der Waals surface area contributed by atoms with Crippen LogP contribution in [0.1, 0.15) is 38.7 Å². The second-order valence-corrected chi connectivity index (χ2v) is 7.99. The van der Waals surface area contributed by atoms with Crippen LogP contribution in [0.2, 0.25) is 10.0 Å². The fourth-order valence-corrected chi connectivity index (χ4v) is 3.91. The molecule has 140 valence electrons. The van der Waals surface area contributed by atoms with Gasteiger partial charge in [-0.3, -0.25) is 4.79 Å². The third-order valence-corrected chi connectivity index (χ3v) is 5.54. The minimum Gasteiger partial charge on any atom is -0.341 e. The molecule has 1 N–H and O–H groups in total. The van der Waals surface area contributed by atoms with Crippen molar-refractivity contribution in [1.82, 2.24) is 5.32 Å². The number of hydrogen-bond donors (Lipinski definition) is 1. The van der Waals surface area contributed by atoms with Gasteiger partial charge >= 0.3 is 0 Å². The molecule has 6 heteroatoms. The molecule has 0 aliphatic rings. The summed E-state index contributed by atoms with van der Waals surface area (Å²) in [6.45, 7) is 1.81. The Morgan fingerprint density at radius 3 is 2.32 bits per heavy atom. The summed E-state index contributed by atoms with van der Waals surface area (Å²) in [5.41, 5.74) is 3.54. The summed E-state index contributed by atoms with van der Waals surface area (Å²) in [7, 11) is 0. The van der Waals surface area contributed by atoms with E-state index in [9.17, 15) is 4.79 Å². The fraction of sp³-hybridized carbons (Fsp3) is 0.0909. The Bertz CT molecular complexity index is 1070. The zero-order valence-corrected chi connectivity index (χ0v) is 17.9. The Morgan fingerprint density at radius 1 is 1.04 bits per heavy atom. The third-order valence-electron chi connectivity index (χ3n) is 4.36. The van der Waals surface area contributed by atoms with Crippen molar-refractivity contribution in [2.45, 2.75) is 13.0 Å². The van der Waals surface area contributed by atoms with Crippen LogP contribution in [0, 0.1) is 18.3 Å². The summed E-state index contributed by atoms with van der Waals surface area (Å²) in [5.74, 6) is -0.241. The standard InChI is InChI=1S/C22H15BrCl2N2O/c1-13-10-15(2-3-16(13)12-26)22(28)27-21(14-4-6-17(24)7-5-14)19-9-8-18(25)11-20(19)23/h2-11,21H,1H3,(H,27,28). The van der Waals surface area contributed by atoms with Crippen LogP contribution in [0.4, 0.5) is 0 Å². The van der Waals surface area contributed by atoms with Crippen molar-refractivity contribution in [3.63, 3.8) is 0 Å². The second kappa shape index (κ2) is 8.79. The predicted molar refractivity (Wildman–Crippen MR) is 116 cm³/mol. The van der Waals surface area contributed by atoms with Gasteiger partial charge in [0, 0.05) is 20.1 Å². The quantitative estimate of drug-likeness (QED) is 0.472. The number of nitrogens with one attached hydrogen (secondary N) is 1. The molecule has 0 aliphatic carbocycles. The topological polar surface area (TPSA) is 52.9 Å².